The maximum Gasteiger partial charge on any atom is 0.239 e. The highest BCUT2D eigenvalue weighted by molar-refractivity contribution is 5.85. The number of benzene rings is 1. The number of rotatable bonds is 7. The van der Waals surface area contributed by atoms with Crippen LogP contribution in [0.5, 0.6) is 5.75 Å². The number of nitrogens with zero attached hydrogens (tertiary/aromatic N) is 1. The van der Waals surface area contributed by atoms with Crippen molar-refractivity contribution in [1.82, 2.24) is 15.5 Å². The summed E-state index contributed by atoms with van der Waals surface area (Å²) in [5.41, 5.74) is 0.731. The Hall–Kier alpha value is -2.15. The van der Waals surface area contributed by atoms with Gasteiger partial charge >= 0.3 is 0 Å². The van der Waals surface area contributed by atoms with Crippen LogP contribution < -0.4 is 15.4 Å². The Labute approximate surface area is 123 Å². The van der Waals surface area contributed by atoms with E-state index < -0.39 is 5.82 Å². The maximum atomic E-state index is 13.5. The first-order valence-corrected chi connectivity index (χ1v) is 6.44. The lowest BCUT2D eigenvalue weighted by molar-refractivity contribution is -0.126. The van der Waals surface area contributed by atoms with E-state index in [0.29, 0.717) is 6.54 Å². The number of ether oxygens (including phenoxy) is 1. The van der Waals surface area contributed by atoms with Crippen molar-refractivity contribution in [2.24, 2.45) is 0 Å². The Bertz CT molecular complexity index is 508. The van der Waals surface area contributed by atoms with Gasteiger partial charge in [-0.15, -0.1) is 0 Å². The number of hydrogen-bond donors (Lipinski definition) is 2. The summed E-state index contributed by atoms with van der Waals surface area (Å²) in [6.07, 6.45) is 0. The molecule has 0 aliphatic rings. The normalized spacial score (nSPS) is 10.3. The molecule has 0 saturated heterocycles. The molecule has 2 amide bonds. The van der Waals surface area contributed by atoms with Gasteiger partial charge in [0.2, 0.25) is 11.8 Å². The maximum absolute atomic E-state index is 13.5. The number of carbonyl (C=O) groups excluding carboxylic acids is 2. The van der Waals surface area contributed by atoms with Crippen molar-refractivity contribution in [3.63, 3.8) is 0 Å². The van der Waals surface area contributed by atoms with E-state index in [9.17, 15) is 14.0 Å². The van der Waals surface area contributed by atoms with Crippen molar-refractivity contribution in [1.29, 1.82) is 0 Å². The Balaban J connectivity index is 2.46. The number of methoxy groups -OCH3 is 1. The first-order valence-electron chi connectivity index (χ1n) is 6.44. The third kappa shape index (κ3) is 5.78. The van der Waals surface area contributed by atoms with Crippen LogP contribution in [0.25, 0.3) is 0 Å². The quantitative estimate of drug-likeness (QED) is 0.750. The smallest absolute Gasteiger partial charge is 0.239 e. The van der Waals surface area contributed by atoms with E-state index in [0.717, 1.165) is 5.56 Å². The number of carbonyl (C=O) groups is 2. The minimum atomic E-state index is -0.438. The van der Waals surface area contributed by atoms with Crippen molar-refractivity contribution in [2.75, 3.05) is 34.3 Å². The third-order valence-corrected chi connectivity index (χ3v) is 2.81. The van der Waals surface area contributed by atoms with Gasteiger partial charge in [0.05, 0.1) is 20.2 Å². The molecule has 0 aliphatic carbocycles. The minimum Gasteiger partial charge on any atom is -0.494 e. The molecule has 1 aromatic carbocycles. The van der Waals surface area contributed by atoms with Gasteiger partial charge in [0.15, 0.2) is 11.6 Å². The van der Waals surface area contributed by atoms with E-state index in [1.807, 2.05) is 0 Å². The van der Waals surface area contributed by atoms with Crippen LogP contribution >= 0.6 is 0 Å². The van der Waals surface area contributed by atoms with Gasteiger partial charge in [-0.05, 0) is 24.7 Å². The van der Waals surface area contributed by atoms with E-state index in [1.54, 1.807) is 24.1 Å². The number of halogens is 1. The summed E-state index contributed by atoms with van der Waals surface area (Å²) in [7, 11) is 4.64. The van der Waals surface area contributed by atoms with Gasteiger partial charge in [0, 0.05) is 13.6 Å². The van der Waals surface area contributed by atoms with Gasteiger partial charge in [-0.3, -0.25) is 14.5 Å². The van der Waals surface area contributed by atoms with Crippen molar-refractivity contribution >= 4 is 11.8 Å². The predicted octanol–water partition coefficient (Wildman–Crippen LogP) is 0.128. The zero-order valence-corrected chi connectivity index (χ0v) is 12.4. The molecule has 1 aromatic rings. The average molecular weight is 297 g/mol. The molecule has 0 fully saturated rings. The Kier molecular flexibility index (Phi) is 6.61. The van der Waals surface area contributed by atoms with Crippen LogP contribution in [0.15, 0.2) is 18.2 Å². The average Bonchev–Trinajstić information content (AvgIpc) is 2.44. The van der Waals surface area contributed by atoms with Crippen LogP contribution in [0, 0.1) is 5.82 Å². The first kappa shape index (κ1) is 16.9. The highest BCUT2D eigenvalue weighted by atomic mass is 19.1. The number of amides is 2. The van der Waals surface area contributed by atoms with Gasteiger partial charge in [0.25, 0.3) is 0 Å². The number of likely N-dealkylation sites (N-methyl/N-ethyl adjacent to an activating group) is 2. The molecule has 0 radical (unpaired) electrons. The fraction of sp³-hybridized carbons (Fsp3) is 0.429. The summed E-state index contributed by atoms with van der Waals surface area (Å²) in [6.45, 7) is 0.472. The van der Waals surface area contributed by atoms with Crippen molar-refractivity contribution in [2.45, 2.75) is 6.54 Å². The van der Waals surface area contributed by atoms with E-state index in [-0.39, 0.29) is 30.7 Å². The standard InChI is InChI=1S/C14H20FN3O3/c1-16-13(19)7-17-14(20)9-18(2)8-10-4-5-12(21-3)11(15)6-10/h4-6H,7-9H2,1-3H3,(H,16,19)(H,17,20). The summed E-state index contributed by atoms with van der Waals surface area (Å²) >= 11 is 0. The largest absolute Gasteiger partial charge is 0.494 e. The second kappa shape index (κ2) is 8.21. The number of nitrogens with one attached hydrogen (secondary N) is 2. The van der Waals surface area contributed by atoms with Crippen LogP contribution in [-0.4, -0.2) is 51.0 Å². The van der Waals surface area contributed by atoms with Gasteiger partial charge in [-0.1, -0.05) is 6.07 Å². The van der Waals surface area contributed by atoms with E-state index in [2.05, 4.69) is 10.6 Å². The lowest BCUT2D eigenvalue weighted by Crippen LogP contribution is -2.40. The molecule has 2 N–H and O–H groups in total. The van der Waals surface area contributed by atoms with Gasteiger partial charge < -0.3 is 15.4 Å². The van der Waals surface area contributed by atoms with Crippen molar-refractivity contribution in [3.05, 3.63) is 29.6 Å². The summed E-state index contributed by atoms with van der Waals surface area (Å²) in [5, 5.41) is 4.90. The zero-order chi connectivity index (χ0) is 15.8. The Morgan fingerprint density at radius 3 is 2.62 bits per heavy atom. The molecule has 0 aromatic heterocycles. The predicted molar refractivity (Wildman–Crippen MR) is 76.4 cm³/mol. The zero-order valence-electron chi connectivity index (χ0n) is 12.4. The molecule has 1 rings (SSSR count). The summed E-state index contributed by atoms with van der Waals surface area (Å²) in [6, 6.07) is 4.66. The molecule has 116 valence electrons. The minimum absolute atomic E-state index is 0.0552. The molecule has 0 heterocycles. The molecule has 21 heavy (non-hydrogen) atoms. The van der Waals surface area contributed by atoms with Crippen LogP contribution in [0.3, 0.4) is 0 Å². The Morgan fingerprint density at radius 2 is 2.05 bits per heavy atom. The lowest BCUT2D eigenvalue weighted by Gasteiger charge is -2.16. The van der Waals surface area contributed by atoms with E-state index in [4.69, 9.17) is 4.74 Å². The van der Waals surface area contributed by atoms with Gasteiger partial charge in [-0.25, -0.2) is 4.39 Å². The lowest BCUT2D eigenvalue weighted by atomic mass is 10.2. The topological polar surface area (TPSA) is 70.7 Å². The summed E-state index contributed by atoms with van der Waals surface area (Å²) < 4.78 is 18.4. The van der Waals surface area contributed by atoms with Crippen molar-refractivity contribution < 1.29 is 18.7 Å². The van der Waals surface area contributed by atoms with Crippen LogP contribution in [0.1, 0.15) is 5.56 Å². The highest BCUT2D eigenvalue weighted by Crippen LogP contribution is 2.18. The molecule has 0 bridgehead atoms. The van der Waals surface area contributed by atoms with Crippen molar-refractivity contribution in [3.8, 4) is 5.75 Å². The second-order valence-corrected chi connectivity index (χ2v) is 4.59. The molecule has 0 saturated carbocycles. The SMILES string of the molecule is CNC(=O)CNC(=O)CN(C)Cc1ccc(OC)c(F)c1. The van der Waals surface area contributed by atoms with E-state index in [1.165, 1.54) is 20.2 Å². The molecule has 6 nitrogen and oxygen atoms in total. The molecule has 0 atom stereocenters. The fourth-order valence-corrected chi connectivity index (χ4v) is 1.74. The third-order valence-electron chi connectivity index (χ3n) is 2.81. The fourth-order valence-electron chi connectivity index (χ4n) is 1.74. The molecule has 7 heteroatoms. The molecule has 0 aliphatic heterocycles. The van der Waals surface area contributed by atoms with Gasteiger partial charge in [-0.2, -0.15) is 0 Å². The van der Waals surface area contributed by atoms with Crippen LogP contribution in [0.4, 0.5) is 4.39 Å². The Morgan fingerprint density at radius 1 is 1.33 bits per heavy atom. The molecular weight excluding hydrogens is 277 g/mol. The molecule has 0 unspecified atom stereocenters. The number of hydrogen-bond acceptors (Lipinski definition) is 4. The van der Waals surface area contributed by atoms with Crippen LogP contribution in [-0.2, 0) is 16.1 Å². The van der Waals surface area contributed by atoms with Gasteiger partial charge in [0.1, 0.15) is 0 Å². The summed E-state index contributed by atoms with van der Waals surface area (Å²) in [5.74, 6) is -0.782. The first-order chi connectivity index (χ1) is 9.96. The summed E-state index contributed by atoms with van der Waals surface area (Å²) in [4.78, 5) is 24.3. The second-order valence-electron chi connectivity index (χ2n) is 4.59. The molecule has 0 spiro atoms. The monoisotopic (exact) mass is 297 g/mol. The highest BCUT2D eigenvalue weighted by Gasteiger charge is 2.10. The molecular formula is C14H20FN3O3. The van der Waals surface area contributed by atoms with E-state index >= 15 is 0 Å². The van der Waals surface area contributed by atoms with Crippen LogP contribution in [0.2, 0.25) is 0 Å².